The summed E-state index contributed by atoms with van der Waals surface area (Å²) in [4.78, 5) is 0. The van der Waals surface area contributed by atoms with E-state index in [0.29, 0.717) is 5.75 Å². The quantitative estimate of drug-likeness (QED) is 0.757. The fraction of sp³-hybridized carbons (Fsp3) is 0.333. The standard InChI is InChI=1S/C9H12O6S/c1-14-6-3-4-8(15-2)7(5-6)9(10)16(11,12)13/h3-5,9-10H,1-2H3,(H,11,12,13). The van der Waals surface area contributed by atoms with Gasteiger partial charge in [-0.15, -0.1) is 0 Å². The number of rotatable bonds is 4. The van der Waals surface area contributed by atoms with Crippen molar-refractivity contribution in [2.75, 3.05) is 14.2 Å². The zero-order valence-corrected chi connectivity index (χ0v) is 9.56. The molecular formula is C9H12O6S. The lowest BCUT2D eigenvalue weighted by atomic mass is 10.2. The van der Waals surface area contributed by atoms with Crippen LogP contribution in [0.2, 0.25) is 0 Å². The normalized spacial score (nSPS) is 13.2. The Morgan fingerprint density at radius 2 is 1.88 bits per heavy atom. The Hall–Kier alpha value is -1.31. The van der Waals surface area contributed by atoms with Gasteiger partial charge in [0.15, 0.2) is 0 Å². The molecule has 16 heavy (non-hydrogen) atoms. The monoisotopic (exact) mass is 248 g/mol. The second-order valence-electron chi connectivity index (χ2n) is 2.98. The Morgan fingerprint density at radius 3 is 2.31 bits per heavy atom. The van der Waals surface area contributed by atoms with Crippen LogP contribution in [-0.2, 0) is 10.1 Å². The Labute approximate surface area is 93.2 Å². The van der Waals surface area contributed by atoms with Crippen LogP contribution in [0.15, 0.2) is 18.2 Å². The molecule has 1 aromatic carbocycles. The molecule has 0 amide bonds. The van der Waals surface area contributed by atoms with Gasteiger partial charge in [0.25, 0.3) is 10.1 Å². The predicted molar refractivity (Wildman–Crippen MR) is 56.1 cm³/mol. The van der Waals surface area contributed by atoms with Crippen LogP contribution in [0, 0.1) is 0 Å². The highest BCUT2D eigenvalue weighted by Gasteiger charge is 2.25. The topological polar surface area (TPSA) is 93.1 Å². The molecule has 0 saturated carbocycles. The molecule has 1 aromatic rings. The molecule has 0 saturated heterocycles. The van der Waals surface area contributed by atoms with Crippen LogP contribution in [0.5, 0.6) is 11.5 Å². The highest BCUT2D eigenvalue weighted by molar-refractivity contribution is 7.85. The van der Waals surface area contributed by atoms with E-state index in [9.17, 15) is 13.5 Å². The summed E-state index contributed by atoms with van der Waals surface area (Å²) in [5.41, 5.74) is -2.14. The van der Waals surface area contributed by atoms with Crippen molar-refractivity contribution in [3.8, 4) is 11.5 Å². The molecule has 0 aliphatic rings. The van der Waals surface area contributed by atoms with E-state index in [1.165, 1.54) is 26.4 Å². The van der Waals surface area contributed by atoms with E-state index in [4.69, 9.17) is 14.0 Å². The number of methoxy groups -OCH3 is 2. The van der Waals surface area contributed by atoms with E-state index in [-0.39, 0.29) is 11.3 Å². The zero-order valence-electron chi connectivity index (χ0n) is 8.75. The lowest BCUT2D eigenvalue weighted by Crippen LogP contribution is -2.12. The van der Waals surface area contributed by atoms with Crippen molar-refractivity contribution in [3.05, 3.63) is 23.8 Å². The van der Waals surface area contributed by atoms with Crippen LogP contribution in [0.4, 0.5) is 0 Å². The SMILES string of the molecule is COc1ccc(OC)c(C(O)S(=O)(=O)O)c1. The van der Waals surface area contributed by atoms with Gasteiger partial charge in [-0.05, 0) is 18.2 Å². The van der Waals surface area contributed by atoms with Crippen LogP contribution >= 0.6 is 0 Å². The van der Waals surface area contributed by atoms with E-state index >= 15 is 0 Å². The lowest BCUT2D eigenvalue weighted by molar-refractivity contribution is 0.232. The van der Waals surface area contributed by atoms with Crippen molar-refractivity contribution in [3.63, 3.8) is 0 Å². The highest BCUT2D eigenvalue weighted by atomic mass is 32.2. The summed E-state index contributed by atoms with van der Waals surface area (Å²) < 4.78 is 40.1. The van der Waals surface area contributed by atoms with Crippen LogP contribution in [0.3, 0.4) is 0 Å². The first-order valence-electron chi connectivity index (χ1n) is 4.26. The Morgan fingerprint density at radius 1 is 1.25 bits per heavy atom. The van der Waals surface area contributed by atoms with E-state index in [1.807, 2.05) is 0 Å². The van der Waals surface area contributed by atoms with Crippen molar-refractivity contribution in [1.82, 2.24) is 0 Å². The van der Waals surface area contributed by atoms with E-state index in [2.05, 4.69) is 0 Å². The van der Waals surface area contributed by atoms with E-state index in [1.54, 1.807) is 6.07 Å². The van der Waals surface area contributed by atoms with Crippen LogP contribution < -0.4 is 9.47 Å². The molecule has 0 radical (unpaired) electrons. The number of aliphatic hydroxyl groups is 1. The van der Waals surface area contributed by atoms with Crippen molar-refractivity contribution in [2.45, 2.75) is 5.44 Å². The Kier molecular flexibility index (Phi) is 3.74. The molecule has 0 spiro atoms. The van der Waals surface area contributed by atoms with Crippen LogP contribution in [0.25, 0.3) is 0 Å². The van der Waals surface area contributed by atoms with Gasteiger partial charge in [-0.1, -0.05) is 0 Å². The summed E-state index contributed by atoms with van der Waals surface area (Å²) in [6.45, 7) is 0. The first-order valence-corrected chi connectivity index (χ1v) is 5.76. The fourth-order valence-electron chi connectivity index (χ4n) is 1.19. The van der Waals surface area contributed by atoms with E-state index < -0.39 is 15.6 Å². The third-order valence-electron chi connectivity index (χ3n) is 1.99. The number of ether oxygens (including phenoxy) is 2. The van der Waals surface area contributed by atoms with Crippen molar-refractivity contribution in [2.24, 2.45) is 0 Å². The molecule has 0 bridgehead atoms. The van der Waals surface area contributed by atoms with Crippen LogP contribution in [0.1, 0.15) is 11.0 Å². The number of benzene rings is 1. The minimum atomic E-state index is -4.59. The number of hydrogen-bond donors (Lipinski definition) is 2. The molecule has 2 N–H and O–H groups in total. The van der Waals surface area contributed by atoms with Gasteiger partial charge in [0.2, 0.25) is 5.44 Å². The predicted octanol–water partition coefficient (Wildman–Crippen LogP) is 0.583. The van der Waals surface area contributed by atoms with E-state index in [0.717, 1.165) is 0 Å². The number of aliphatic hydroxyl groups excluding tert-OH is 1. The van der Waals surface area contributed by atoms with Gasteiger partial charge < -0.3 is 14.6 Å². The minimum absolute atomic E-state index is 0.0793. The molecule has 1 unspecified atom stereocenters. The minimum Gasteiger partial charge on any atom is -0.497 e. The molecule has 0 fully saturated rings. The fourth-order valence-corrected chi connectivity index (χ4v) is 1.70. The molecule has 0 aliphatic carbocycles. The second kappa shape index (κ2) is 4.69. The second-order valence-corrected chi connectivity index (χ2v) is 4.45. The first-order chi connectivity index (χ1) is 7.40. The smallest absolute Gasteiger partial charge is 0.296 e. The summed E-state index contributed by atoms with van der Waals surface area (Å²) in [6, 6.07) is 4.25. The van der Waals surface area contributed by atoms with Gasteiger partial charge in [-0.25, -0.2) is 0 Å². The third-order valence-corrected chi connectivity index (χ3v) is 2.80. The third kappa shape index (κ3) is 2.63. The summed E-state index contributed by atoms with van der Waals surface area (Å²) in [6.07, 6.45) is 0. The molecule has 7 heteroatoms. The summed E-state index contributed by atoms with van der Waals surface area (Å²) in [7, 11) is -1.88. The molecule has 0 aromatic heterocycles. The van der Waals surface area contributed by atoms with Gasteiger partial charge in [0.1, 0.15) is 11.5 Å². The molecule has 6 nitrogen and oxygen atoms in total. The average Bonchev–Trinajstić information content (AvgIpc) is 2.25. The summed E-state index contributed by atoms with van der Waals surface area (Å²) in [5, 5.41) is 9.42. The maximum absolute atomic E-state index is 10.8. The highest BCUT2D eigenvalue weighted by Crippen LogP contribution is 2.31. The van der Waals surface area contributed by atoms with Gasteiger partial charge in [0.05, 0.1) is 14.2 Å². The van der Waals surface area contributed by atoms with Crippen molar-refractivity contribution in [1.29, 1.82) is 0 Å². The van der Waals surface area contributed by atoms with Gasteiger partial charge in [0, 0.05) is 5.56 Å². The first kappa shape index (κ1) is 12.8. The molecule has 0 aliphatic heterocycles. The molecule has 1 atom stereocenters. The summed E-state index contributed by atoms with van der Waals surface area (Å²) >= 11 is 0. The molecule has 1 rings (SSSR count). The van der Waals surface area contributed by atoms with Crippen molar-refractivity contribution < 1.29 is 27.6 Å². The van der Waals surface area contributed by atoms with Crippen molar-refractivity contribution >= 4 is 10.1 Å². The van der Waals surface area contributed by atoms with Gasteiger partial charge in [-0.3, -0.25) is 4.55 Å². The Balaban J connectivity index is 3.29. The zero-order chi connectivity index (χ0) is 12.3. The van der Waals surface area contributed by atoms with Gasteiger partial charge >= 0.3 is 0 Å². The average molecular weight is 248 g/mol. The van der Waals surface area contributed by atoms with Gasteiger partial charge in [-0.2, -0.15) is 8.42 Å². The summed E-state index contributed by atoms with van der Waals surface area (Å²) in [5.74, 6) is 0.490. The van der Waals surface area contributed by atoms with Crippen LogP contribution in [-0.4, -0.2) is 32.3 Å². The maximum Gasteiger partial charge on any atom is 0.296 e. The number of hydrogen-bond acceptors (Lipinski definition) is 5. The molecular weight excluding hydrogens is 236 g/mol. The Bertz CT molecular complexity index is 467. The largest absolute Gasteiger partial charge is 0.497 e. The lowest BCUT2D eigenvalue weighted by Gasteiger charge is -2.13. The molecule has 90 valence electrons. The maximum atomic E-state index is 10.8. The molecule has 0 heterocycles.